The number of hydrogen-bond acceptors (Lipinski definition) is 7. The van der Waals surface area contributed by atoms with E-state index in [0.29, 0.717) is 34.7 Å². The minimum absolute atomic E-state index is 0.363. The van der Waals surface area contributed by atoms with Crippen molar-refractivity contribution < 1.29 is 18.7 Å². The van der Waals surface area contributed by atoms with Crippen LogP contribution in [0.4, 0.5) is 0 Å². The van der Waals surface area contributed by atoms with Crippen LogP contribution >= 0.6 is 0 Å². The molecule has 0 aliphatic heterocycles. The average molecular weight is 377 g/mol. The van der Waals surface area contributed by atoms with Crippen molar-refractivity contribution in [1.29, 1.82) is 0 Å². The predicted octanol–water partition coefficient (Wildman–Crippen LogP) is 4.29. The third-order valence-corrected chi connectivity index (χ3v) is 4.43. The number of aromatic nitrogens is 3. The number of fused-ring (bicyclic) bond motifs is 1. The molecule has 0 amide bonds. The molecular formula is C21H19N3O4. The van der Waals surface area contributed by atoms with E-state index in [1.54, 1.807) is 33.5 Å². The van der Waals surface area contributed by atoms with Crippen LogP contribution in [0.5, 0.6) is 17.4 Å². The fourth-order valence-corrected chi connectivity index (χ4v) is 2.99. The van der Waals surface area contributed by atoms with Gasteiger partial charge in [0.15, 0.2) is 11.5 Å². The maximum Gasteiger partial charge on any atom is 0.258 e. The lowest BCUT2D eigenvalue weighted by Gasteiger charge is -2.07. The van der Waals surface area contributed by atoms with Gasteiger partial charge in [0.1, 0.15) is 0 Å². The lowest BCUT2D eigenvalue weighted by Crippen LogP contribution is -1.94. The lowest BCUT2D eigenvalue weighted by atomic mass is 10.1. The van der Waals surface area contributed by atoms with Crippen molar-refractivity contribution in [2.45, 2.75) is 6.92 Å². The molecule has 0 fully saturated rings. The van der Waals surface area contributed by atoms with Crippen molar-refractivity contribution >= 4 is 10.9 Å². The Morgan fingerprint density at radius 1 is 0.821 bits per heavy atom. The number of aryl methyl sites for hydroxylation is 1. The van der Waals surface area contributed by atoms with Gasteiger partial charge in [0.25, 0.3) is 5.89 Å². The van der Waals surface area contributed by atoms with E-state index in [0.717, 1.165) is 22.0 Å². The number of methoxy groups -OCH3 is 3. The Labute approximate surface area is 161 Å². The number of pyridine rings is 1. The molecule has 2 aromatic carbocycles. The van der Waals surface area contributed by atoms with Crippen LogP contribution in [0.3, 0.4) is 0 Å². The lowest BCUT2D eigenvalue weighted by molar-refractivity contribution is 0.355. The summed E-state index contributed by atoms with van der Waals surface area (Å²) in [5.74, 6) is 2.41. The molecule has 4 aromatic rings. The summed E-state index contributed by atoms with van der Waals surface area (Å²) in [5.41, 5.74) is 3.36. The first-order valence-electron chi connectivity index (χ1n) is 8.65. The van der Waals surface area contributed by atoms with E-state index in [1.807, 2.05) is 37.3 Å². The molecule has 0 saturated carbocycles. The van der Waals surface area contributed by atoms with Crippen LogP contribution in [0.25, 0.3) is 33.7 Å². The van der Waals surface area contributed by atoms with Gasteiger partial charge in [-0.3, -0.25) is 0 Å². The van der Waals surface area contributed by atoms with Crippen molar-refractivity contribution in [1.82, 2.24) is 15.1 Å². The summed E-state index contributed by atoms with van der Waals surface area (Å²) in [4.78, 5) is 9.10. The summed E-state index contributed by atoms with van der Waals surface area (Å²) < 4.78 is 21.5. The first-order chi connectivity index (χ1) is 13.6. The molecule has 142 valence electrons. The van der Waals surface area contributed by atoms with Gasteiger partial charge in [-0.05, 0) is 42.8 Å². The fourth-order valence-electron chi connectivity index (χ4n) is 2.99. The molecule has 0 spiro atoms. The molecular weight excluding hydrogens is 358 g/mol. The third kappa shape index (κ3) is 3.11. The Morgan fingerprint density at radius 3 is 2.39 bits per heavy atom. The van der Waals surface area contributed by atoms with Gasteiger partial charge < -0.3 is 18.7 Å². The molecule has 28 heavy (non-hydrogen) atoms. The van der Waals surface area contributed by atoms with Crippen LogP contribution in [-0.2, 0) is 0 Å². The molecule has 4 rings (SSSR count). The Kier molecular flexibility index (Phi) is 4.57. The van der Waals surface area contributed by atoms with Crippen LogP contribution in [0, 0.1) is 6.92 Å². The summed E-state index contributed by atoms with van der Waals surface area (Å²) in [5, 5.41) is 5.09. The number of nitrogens with zero attached hydrogens (tertiary/aromatic N) is 3. The van der Waals surface area contributed by atoms with Gasteiger partial charge in [-0.25, -0.2) is 4.98 Å². The van der Waals surface area contributed by atoms with Gasteiger partial charge >= 0.3 is 0 Å². The first kappa shape index (κ1) is 17.8. The molecule has 2 heterocycles. The van der Waals surface area contributed by atoms with Gasteiger partial charge in [-0.15, -0.1) is 0 Å². The molecule has 0 bridgehead atoms. The molecule has 7 heteroatoms. The zero-order chi connectivity index (χ0) is 19.7. The molecule has 2 aromatic heterocycles. The van der Waals surface area contributed by atoms with Gasteiger partial charge in [-0.2, -0.15) is 4.98 Å². The predicted molar refractivity (Wildman–Crippen MR) is 105 cm³/mol. The van der Waals surface area contributed by atoms with E-state index in [1.165, 1.54) is 0 Å². The summed E-state index contributed by atoms with van der Waals surface area (Å²) >= 11 is 0. The standard InChI is InChI=1S/C21H19N3O4/c1-12-5-6-13-10-15(21(27-4)22-16(13)9-12)19-23-20(28-24-19)14-7-8-17(25-2)18(11-14)26-3/h5-11H,1-4H3. The fraction of sp³-hybridized carbons (Fsp3) is 0.190. The molecule has 0 saturated heterocycles. The van der Waals surface area contributed by atoms with Crippen LogP contribution in [0.2, 0.25) is 0 Å². The molecule has 0 radical (unpaired) electrons. The highest BCUT2D eigenvalue weighted by molar-refractivity contribution is 5.85. The van der Waals surface area contributed by atoms with Gasteiger partial charge in [0.2, 0.25) is 11.7 Å². The summed E-state index contributed by atoms with van der Waals surface area (Å²) in [7, 11) is 4.74. The second-order valence-electron chi connectivity index (χ2n) is 6.23. The Balaban J connectivity index is 1.78. The van der Waals surface area contributed by atoms with Crippen molar-refractivity contribution in [2.75, 3.05) is 21.3 Å². The highest BCUT2D eigenvalue weighted by Gasteiger charge is 2.18. The van der Waals surface area contributed by atoms with E-state index in [4.69, 9.17) is 18.7 Å². The summed E-state index contributed by atoms with van der Waals surface area (Å²) in [6.07, 6.45) is 0. The molecule has 0 aliphatic carbocycles. The summed E-state index contributed by atoms with van der Waals surface area (Å²) in [6, 6.07) is 13.4. The quantitative estimate of drug-likeness (QED) is 0.513. The van der Waals surface area contributed by atoms with E-state index < -0.39 is 0 Å². The topological polar surface area (TPSA) is 79.5 Å². The van der Waals surface area contributed by atoms with Crippen molar-refractivity contribution in [2.24, 2.45) is 0 Å². The third-order valence-electron chi connectivity index (χ3n) is 4.43. The number of ether oxygens (including phenoxy) is 3. The Bertz CT molecular complexity index is 1150. The van der Waals surface area contributed by atoms with Crippen LogP contribution < -0.4 is 14.2 Å². The van der Waals surface area contributed by atoms with Gasteiger partial charge in [-0.1, -0.05) is 17.3 Å². The molecule has 0 N–H and O–H groups in total. The molecule has 0 atom stereocenters. The number of benzene rings is 2. The zero-order valence-electron chi connectivity index (χ0n) is 16.0. The van der Waals surface area contributed by atoms with Crippen molar-refractivity contribution in [3.8, 4) is 40.2 Å². The maximum absolute atomic E-state index is 5.47. The summed E-state index contributed by atoms with van der Waals surface area (Å²) in [6.45, 7) is 2.02. The van der Waals surface area contributed by atoms with Crippen LogP contribution in [0.15, 0.2) is 47.0 Å². The average Bonchev–Trinajstić information content (AvgIpc) is 3.22. The number of rotatable bonds is 5. The molecule has 7 nitrogen and oxygen atoms in total. The zero-order valence-corrected chi connectivity index (χ0v) is 16.0. The number of hydrogen-bond donors (Lipinski definition) is 0. The highest BCUT2D eigenvalue weighted by atomic mass is 16.5. The second-order valence-corrected chi connectivity index (χ2v) is 6.23. The van der Waals surface area contributed by atoms with E-state index in [-0.39, 0.29) is 0 Å². The molecule has 0 aliphatic rings. The van der Waals surface area contributed by atoms with Crippen LogP contribution in [-0.4, -0.2) is 36.5 Å². The van der Waals surface area contributed by atoms with Gasteiger partial charge in [0, 0.05) is 10.9 Å². The highest BCUT2D eigenvalue weighted by Crippen LogP contribution is 2.34. The van der Waals surface area contributed by atoms with Crippen molar-refractivity contribution in [3.05, 3.63) is 48.0 Å². The van der Waals surface area contributed by atoms with E-state index >= 15 is 0 Å². The smallest absolute Gasteiger partial charge is 0.258 e. The molecule has 0 unspecified atom stereocenters. The first-order valence-corrected chi connectivity index (χ1v) is 8.65. The minimum Gasteiger partial charge on any atom is -0.493 e. The monoisotopic (exact) mass is 377 g/mol. The normalized spacial score (nSPS) is 10.9. The maximum atomic E-state index is 5.47. The van der Waals surface area contributed by atoms with Gasteiger partial charge in [0.05, 0.1) is 32.4 Å². The SMILES string of the molecule is COc1ccc(-c2nc(-c3cc4ccc(C)cc4nc3OC)no2)cc1OC. The van der Waals surface area contributed by atoms with Crippen molar-refractivity contribution in [3.63, 3.8) is 0 Å². The largest absolute Gasteiger partial charge is 0.493 e. The Hall–Kier alpha value is -3.61. The second kappa shape index (κ2) is 7.19. The van der Waals surface area contributed by atoms with E-state index in [2.05, 4.69) is 15.1 Å². The van der Waals surface area contributed by atoms with E-state index in [9.17, 15) is 0 Å². The Morgan fingerprint density at radius 2 is 1.64 bits per heavy atom. The van der Waals surface area contributed by atoms with Crippen LogP contribution in [0.1, 0.15) is 5.56 Å². The minimum atomic E-state index is 0.363.